The molecule has 6 heteroatoms. The third-order valence-electron chi connectivity index (χ3n) is 2.33. The second kappa shape index (κ2) is 4.85. The number of hydrogen-bond donors (Lipinski definition) is 3. The molecule has 0 saturated carbocycles. The van der Waals surface area contributed by atoms with Crippen molar-refractivity contribution in [2.45, 2.75) is 31.5 Å². The monoisotopic (exact) mass is 304 g/mol. The van der Waals surface area contributed by atoms with Crippen LogP contribution in [0.5, 0.6) is 0 Å². The molecule has 0 radical (unpaired) electrons. The van der Waals surface area contributed by atoms with Crippen molar-refractivity contribution in [3.05, 3.63) is 0 Å². The van der Waals surface area contributed by atoms with Crippen LogP contribution in [0.3, 0.4) is 0 Å². The largest absolute Gasteiger partial charge is 0.394 e. The van der Waals surface area contributed by atoms with Crippen molar-refractivity contribution in [3.63, 3.8) is 0 Å². The Hall–Kier alpha value is 0.530. The standard InChI is InChI=1S/C7H13IO5/c1-3-4(2-9)12-7(11)5(10)6(3)13-8/h3-7,9-11H,2H2,1H3. The van der Waals surface area contributed by atoms with Gasteiger partial charge in [-0.25, -0.2) is 0 Å². The molecular formula is C7H13IO5. The Morgan fingerprint density at radius 2 is 2.08 bits per heavy atom. The summed E-state index contributed by atoms with van der Waals surface area (Å²) in [7, 11) is 0. The first-order valence-corrected chi connectivity index (χ1v) is 4.89. The predicted octanol–water partition coefficient (Wildman–Crippen LogP) is -0.572. The van der Waals surface area contributed by atoms with Gasteiger partial charge in [-0.3, -0.25) is 0 Å². The van der Waals surface area contributed by atoms with Gasteiger partial charge in [0.1, 0.15) is 35.2 Å². The summed E-state index contributed by atoms with van der Waals surface area (Å²) in [5.41, 5.74) is 0. The third kappa shape index (κ3) is 2.31. The Kier molecular flexibility index (Phi) is 4.33. The number of rotatable bonds is 2. The predicted molar refractivity (Wildman–Crippen MR) is 52.0 cm³/mol. The number of hydrogen-bond acceptors (Lipinski definition) is 5. The molecule has 1 fully saturated rings. The van der Waals surface area contributed by atoms with E-state index in [0.717, 1.165) is 0 Å². The van der Waals surface area contributed by atoms with E-state index in [1.165, 1.54) is 0 Å². The minimum absolute atomic E-state index is 0.153. The zero-order chi connectivity index (χ0) is 10.0. The second-order valence-electron chi connectivity index (χ2n) is 3.15. The van der Waals surface area contributed by atoms with Crippen molar-refractivity contribution in [1.29, 1.82) is 0 Å². The van der Waals surface area contributed by atoms with Crippen LogP contribution in [0, 0.1) is 5.92 Å². The summed E-state index contributed by atoms with van der Waals surface area (Å²) >= 11 is 1.67. The van der Waals surface area contributed by atoms with Gasteiger partial charge in [0.05, 0.1) is 12.7 Å². The lowest BCUT2D eigenvalue weighted by Gasteiger charge is -2.39. The molecule has 5 unspecified atom stereocenters. The minimum atomic E-state index is -1.28. The van der Waals surface area contributed by atoms with Gasteiger partial charge in [-0.15, -0.1) is 0 Å². The van der Waals surface area contributed by atoms with Crippen LogP contribution >= 0.6 is 23.0 Å². The van der Waals surface area contributed by atoms with Crippen molar-refractivity contribution in [2.24, 2.45) is 5.92 Å². The maximum Gasteiger partial charge on any atom is 0.183 e. The molecular weight excluding hydrogens is 291 g/mol. The second-order valence-corrected chi connectivity index (χ2v) is 3.66. The molecule has 1 aliphatic rings. The van der Waals surface area contributed by atoms with Crippen molar-refractivity contribution >= 4 is 23.0 Å². The fourth-order valence-electron chi connectivity index (χ4n) is 1.41. The highest BCUT2D eigenvalue weighted by Gasteiger charge is 2.42. The number of halogens is 1. The van der Waals surface area contributed by atoms with E-state index in [1.807, 2.05) is 0 Å². The zero-order valence-corrected chi connectivity index (χ0v) is 9.29. The quantitative estimate of drug-likeness (QED) is 0.595. The zero-order valence-electron chi connectivity index (χ0n) is 7.13. The Balaban J connectivity index is 2.69. The van der Waals surface area contributed by atoms with Gasteiger partial charge < -0.3 is 23.1 Å². The van der Waals surface area contributed by atoms with Gasteiger partial charge in [0.15, 0.2) is 6.29 Å². The van der Waals surface area contributed by atoms with Crippen LogP contribution < -0.4 is 0 Å². The van der Waals surface area contributed by atoms with Gasteiger partial charge in [0.25, 0.3) is 0 Å². The third-order valence-corrected chi connectivity index (χ3v) is 2.92. The smallest absolute Gasteiger partial charge is 0.183 e. The van der Waals surface area contributed by atoms with E-state index < -0.39 is 24.6 Å². The molecule has 0 amide bonds. The van der Waals surface area contributed by atoms with E-state index in [4.69, 9.17) is 12.9 Å². The van der Waals surface area contributed by atoms with Crippen molar-refractivity contribution in [3.8, 4) is 0 Å². The van der Waals surface area contributed by atoms with E-state index in [-0.39, 0.29) is 12.5 Å². The van der Waals surface area contributed by atoms with E-state index in [2.05, 4.69) is 0 Å². The summed E-state index contributed by atoms with van der Waals surface area (Å²) in [5.74, 6) is -0.153. The highest BCUT2D eigenvalue weighted by Crippen LogP contribution is 2.28. The lowest BCUT2D eigenvalue weighted by molar-refractivity contribution is -0.262. The van der Waals surface area contributed by atoms with Gasteiger partial charge in [-0.2, -0.15) is 0 Å². The number of aliphatic hydroxyl groups is 3. The maximum absolute atomic E-state index is 9.43. The summed E-state index contributed by atoms with van der Waals surface area (Å²) in [6.07, 6.45) is -3.34. The average Bonchev–Trinajstić information content (AvgIpc) is 2.12. The SMILES string of the molecule is CC1C(CO)OC(O)C(O)C1OI. The summed E-state index contributed by atoms with van der Waals surface area (Å²) in [6, 6.07) is 0. The van der Waals surface area contributed by atoms with Crippen LogP contribution in [0.25, 0.3) is 0 Å². The molecule has 0 bridgehead atoms. The molecule has 13 heavy (non-hydrogen) atoms. The summed E-state index contributed by atoms with van der Waals surface area (Å²) in [4.78, 5) is 0. The molecule has 1 heterocycles. The van der Waals surface area contributed by atoms with Crippen LogP contribution in [-0.4, -0.2) is 46.5 Å². The molecule has 1 rings (SSSR count). The summed E-state index contributed by atoms with van der Waals surface area (Å²) in [6.45, 7) is 1.60. The van der Waals surface area contributed by atoms with Crippen LogP contribution in [0.1, 0.15) is 6.92 Å². The molecule has 1 aliphatic heterocycles. The van der Waals surface area contributed by atoms with Gasteiger partial charge in [-0.1, -0.05) is 6.92 Å². The van der Waals surface area contributed by atoms with E-state index in [9.17, 15) is 10.2 Å². The van der Waals surface area contributed by atoms with Crippen molar-refractivity contribution < 1.29 is 23.1 Å². The Morgan fingerprint density at radius 3 is 2.54 bits per heavy atom. The average molecular weight is 304 g/mol. The van der Waals surface area contributed by atoms with Crippen LogP contribution in [0.4, 0.5) is 0 Å². The molecule has 3 N–H and O–H groups in total. The normalized spacial score (nSPS) is 46.4. The van der Waals surface area contributed by atoms with Gasteiger partial charge >= 0.3 is 0 Å². The highest BCUT2D eigenvalue weighted by molar-refractivity contribution is 14.1. The molecule has 5 nitrogen and oxygen atoms in total. The Bertz CT molecular complexity index is 167. The van der Waals surface area contributed by atoms with E-state index in [1.54, 1.807) is 29.9 Å². The van der Waals surface area contributed by atoms with Crippen LogP contribution in [0.2, 0.25) is 0 Å². The first-order valence-electron chi connectivity index (χ1n) is 4.01. The summed E-state index contributed by atoms with van der Waals surface area (Å²) < 4.78 is 9.95. The van der Waals surface area contributed by atoms with Gasteiger partial charge in [-0.05, 0) is 0 Å². The van der Waals surface area contributed by atoms with Crippen molar-refractivity contribution in [2.75, 3.05) is 6.61 Å². The lowest BCUT2D eigenvalue weighted by atomic mass is 9.91. The molecule has 5 atom stereocenters. The first kappa shape index (κ1) is 11.6. The topological polar surface area (TPSA) is 79.2 Å². The van der Waals surface area contributed by atoms with Crippen LogP contribution in [-0.2, 0) is 7.80 Å². The van der Waals surface area contributed by atoms with E-state index in [0.29, 0.717) is 0 Å². The fourth-order valence-corrected chi connectivity index (χ4v) is 2.18. The fraction of sp³-hybridized carbons (Fsp3) is 1.00. The Morgan fingerprint density at radius 1 is 1.46 bits per heavy atom. The molecule has 78 valence electrons. The molecule has 0 aromatic rings. The van der Waals surface area contributed by atoms with Gasteiger partial charge in [0.2, 0.25) is 0 Å². The molecule has 0 aromatic heterocycles. The number of ether oxygens (including phenoxy) is 1. The lowest BCUT2D eigenvalue weighted by Crippen LogP contribution is -2.54. The van der Waals surface area contributed by atoms with E-state index >= 15 is 0 Å². The summed E-state index contributed by atoms with van der Waals surface area (Å²) in [5, 5.41) is 27.6. The maximum atomic E-state index is 9.43. The molecule has 0 aliphatic carbocycles. The van der Waals surface area contributed by atoms with Gasteiger partial charge in [0, 0.05) is 5.92 Å². The van der Waals surface area contributed by atoms with Crippen molar-refractivity contribution in [1.82, 2.24) is 0 Å². The Labute approximate surface area is 90.3 Å². The molecule has 0 spiro atoms. The van der Waals surface area contributed by atoms with Crippen LogP contribution in [0.15, 0.2) is 0 Å². The molecule has 1 saturated heterocycles. The first-order chi connectivity index (χ1) is 6.11. The number of aliphatic hydroxyl groups excluding tert-OH is 3. The minimum Gasteiger partial charge on any atom is -0.394 e. The highest BCUT2D eigenvalue weighted by atomic mass is 127. The molecule has 0 aromatic carbocycles.